The van der Waals surface area contributed by atoms with Crippen molar-refractivity contribution in [2.24, 2.45) is 0 Å². The molecule has 0 bridgehead atoms. The van der Waals surface area contributed by atoms with E-state index in [1.54, 1.807) is 31.3 Å². The number of allylic oxidation sites excluding steroid dienone is 1. The summed E-state index contributed by atoms with van der Waals surface area (Å²) >= 11 is 0. The van der Waals surface area contributed by atoms with Crippen molar-refractivity contribution in [2.45, 2.75) is 25.8 Å². The van der Waals surface area contributed by atoms with Gasteiger partial charge in [-0.1, -0.05) is 37.6 Å². The van der Waals surface area contributed by atoms with Gasteiger partial charge in [0.2, 0.25) is 5.78 Å². The third-order valence-corrected chi connectivity index (χ3v) is 3.41. The summed E-state index contributed by atoms with van der Waals surface area (Å²) in [5, 5.41) is 13.0. The molecule has 1 aliphatic carbocycles. The summed E-state index contributed by atoms with van der Waals surface area (Å²) in [6.45, 7) is 1.99. The Kier molecular flexibility index (Phi) is 3.81. The molecular formula is C15H17NO3. The van der Waals surface area contributed by atoms with Gasteiger partial charge in [-0.2, -0.15) is 0 Å². The Labute approximate surface area is 112 Å². The summed E-state index contributed by atoms with van der Waals surface area (Å²) in [7, 11) is 1.72. The average Bonchev–Trinajstić information content (AvgIpc) is 2.44. The second-order valence-corrected chi connectivity index (χ2v) is 4.60. The minimum atomic E-state index is -0.471. The van der Waals surface area contributed by atoms with Gasteiger partial charge >= 0.3 is 0 Å². The van der Waals surface area contributed by atoms with E-state index in [9.17, 15) is 14.7 Å². The SMILES string of the molecule is CCCC(NC)C1=C(O)C(=O)c2ccccc2C1=O. The van der Waals surface area contributed by atoms with Gasteiger partial charge in [-0.05, 0) is 13.5 Å². The Balaban J connectivity index is 2.53. The molecular weight excluding hydrogens is 242 g/mol. The Bertz CT molecular complexity index is 560. The Morgan fingerprint density at radius 2 is 1.74 bits per heavy atom. The molecule has 1 aliphatic rings. The minimum Gasteiger partial charge on any atom is -0.504 e. The van der Waals surface area contributed by atoms with Gasteiger partial charge in [0.1, 0.15) is 0 Å². The van der Waals surface area contributed by atoms with Gasteiger partial charge in [0.05, 0.1) is 5.57 Å². The van der Waals surface area contributed by atoms with E-state index >= 15 is 0 Å². The number of carbonyl (C=O) groups is 2. The maximum atomic E-state index is 12.4. The molecule has 4 nitrogen and oxygen atoms in total. The monoisotopic (exact) mass is 259 g/mol. The van der Waals surface area contributed by atoms with Crippen LogP contribution in [0.15, 0.2) is 35.6 Å². The average molecular weight is 259 g/mol. The molecule has 0 saturated heterocycles. The van der Waals surface area contributed by atoms with E-state index in [4.69, 9.17) is 0 Å². The number of aliphatic hydroxyl groups is 1. The van der Waals surface area contributed by atoms with Gasteiger partial charge < -0.3 is 10.4 Å². The van der Waals surface area contributed by atoms with Crippen molar-refractivity contribution in [3.05, 3.63) is 46.7 Å². The second kappa shape index (κ2) is 5.36. The number of hydrogen-bond donors (Lipinski definition) is 2. The van der Waals surface area contributed by atoms with Gasteiger partial charge in [-0.15, -0.1) is 0 Å². The van der Waals surface area contributed by atoms with Crippen LogP contribution in [0.5, 0.6) is 0 Å². The number of carbonyl (C=O) groups excluding carboxylic acids is 2. The molecule has 2 N–H and O–H groups in total. The first kappa shape index (κ1) is 13.5. The van der Waals surface area contributed by atoms with E-state index in [-0.39, 0.29) is 23.0 Å². The van der Waals surface area contributed by atoms with Crippen LogP contribution in [0.3, 0.4) is 0 Å². The first-order valence-corrected chi connectivity index (χ1v) is 6.40. The predicted octanol–water partition coefficient (Wildman–Crippen LogP) is 2.27. The van der Waals surface area contributed by atoms with Gasteiger partial charge in [0.25, 0.3) is 0 Å². The largest absolute Gasteiger partial charge is 0.504 e. The van der Waals surface area contributed by atoms with Crippen LogP contribution in [-0.4, -0.2) is 29.8 Å². The highest BCUT2D eigenvalue weighted by Gasteiger charge is 2.35. The number of nitrogens with one attached hydrogen (secondary N) is 1. The fourth-order valence-corrected chi connectivity index (χ4v) is 2.43. The van der Waals surface area contributed by atoms with E-state index in [1.165, 1.54) is 0 Å². The summed E-state index contributed by atoms with van der Waals surface area (Å²) < 4.78 is 0. The third-order valence-electron chi connectivity index (χ3n) is 3.41. The topological polar surface area (TPSA) is 66.4 Å². The maximum absolute atomic E-state index is 12.4. The van der Waals surface area contributed by atoms with Crippen LogP contribution in [0.4, 0.5) is 0 Å². The number of ketones is 2. The van der Waals surface area contributed by atoms with Crippen LogP contribution in [0.2, 0.25) is 0 Å². The predicted molar refractivity (Wildman–Crippen MR) is 72.5 cm³/mol. The van der Waals surface area contributed by atoms with E-state index in [0.29, 0.717) is 12.0 Å². The number of Topliss-reactive ketones (excluding diaryl/α,β-unsaturated/α-hetero) is 2. The van der Waals surface area contributed by atoms with Crippen molar-refractivity contribution in [3.8, 4) is 0 Å². The molecule has 0 saturated carbocycles. The zero-order chi connectivity index (χ0) is 14.0. The van der Waals surface area contributed by atoms with Crippen LogP contribution >= 0.6 is 0 Å². The van der Waals surface area contributed by atoms with Gasteiger partial charge in [-0.25, -0.2) is 0 Å². The van der Waals surface area contributed by atoms with Crippen LogP contribution in [0.25, 0.3) is 0 Å². The van der Waals surface area contributed by atoms with E-state index < -0.39 is 11.5 Å². The summed E-state index contributed by atoms with van der Waals surface area (Å²) in [5.74, 6) is -1.15. The molecule has 0 amide bonds. The minimum absolute atomic E-state index is 0.188. The molecule has 1 atom stereocenters. The van der Waals surface area contributed by atoms with Crippen LogP contribution < -0.4 is 5.32 Å². The Morgan fingerprint density at radius 1 is 1.16 bits per heavy atom. The van der Waals surface area contributed by atoms with Crippen LogP contribution in [-0.2, 0) is 0 Å². The van der Waals surface area contributed by atoms with Crippen molar-refractivity contribution in [3.63, 3.8) is 0 Å². The first-order chi connectivity index (χ1) is 9.11. The van der Waals surface area contributed by atoms with Crippen LogP contribution in [0, 0.1) is 0 Å². The second-order valence-electron chi connectivity index (χ2n) is 4.60. The molecule has 0 fully saturated rings. The molecule has 1 aromatic carbocycles. The molecule has 0 spiro atoms. The molecule has 19 heavy (non-hydrogen) atoms. The van der Waals surface area contributed by atoms with Crippen molar-refractivity contribution >= 4 is 11.6 Å². The molecule has 100 valence electrons. The number of likely N-dealkylation sites (N-methyl/N-ethyl adjacent to an activating group) is 1. The van der Waals surface area contributed by atoms with Gasteiger partial charge in [0, 0.05) is 17.2 Å². The summed E-state index contributed by atoms with van der Waals surface area (Å²) in [5.41, 5.74) is 0.838. The highest BCUT2D eigenvalue weighted by Crippen LogP contribution is 2.28. The van der Waals surface area contributed by atoms with Crippen molar-refractivity contribution in [2.75, 3.05) is 7.05 Å². The molecule has 1 aromatic rings. The maximum Gasteiger partial charge on any atom is 0.228 e. The Morgan fingerprint density at radius 3 is 2.26 bits per heavy atom. The van der Waals surface area contributed by atoms with E-state index in [1.807, 2.05) is 6.92 Å². The van der Waals surface area contributed by atoms with Crippen molar-refractivity contribution < 1.29 is 14.7 Å². The summed E-state index contributed by atoms with van der Waals surface area (Å²) in [6, 6.07) is 6.30. The fraction of sp³-hybridized carbons (Fsp3) is 0.333. The fourth-order valence-electron chi connectivity index (χ4n) is 2.43. The summed E-state index contributed by atoms with van der Waals surface area (Å²) in [6.07, 6.45) is 1.54. The zero-order valence-electron chi connectivity index (χ0n) is 11.1. The number of aliphatic hydroxyl groups excluding tert-OH is 1. The summed E-state index contributed by atoms with van der Waals surface area (Å²) in [4.78, 5) is 24.5. The Hall–Kier alpha value is -1.94. The van der Waals surface area contributed by atoms with Crippen LogP contribution in [0.1, 0.15) is 40.5 Å². The molecule has 0 aliphatic heterocycles. The molecule has 4 heteroatoms. The molecule has 0 heterocycles. The number of fused-ring (bicyclic) bond motifs is 1. The highest BCUT2D eigenvalue weighted by molar-refractivity contribution is 6.26. The van der Waals surface area contributed by atoms with Crippen molar-refractivity contribution in [1.29, 1.82) is 0 Å². The third kappa shape index (κ3) is 2.19. The van der Waals surface area contributed by atoms with Gasteiger partial charge in [-0.3, -0.25) is 9.59 Å². The molecule has 0 radical (unpaired) electrons. The van der Waals surface area contributed by atoms with Crippen molar-refractivity contribution in [1.82, 2.24) is 5.32 Å². The quantitative estimate of drug-likeness (QED) is 0.870. The lowest BCUT2D eigenvalue weighted by molar-refractivity contribution is 0.0921. The standard InChI is InChI=1S/C15H17NO3/c1-3-6-11(16-2)12-13(17)9-7-4-5-8-10(9)14(18)15(12)19/h4-5,7-8,11,16,19H,3,6H2,1-2H3. The lowest BCUT2D eigenvalue weighted by Crippen LogP contribution is -2.36. The smallest absolute Gasteiger partial charge is 0.228 e. The lowest BCUT2D eigenvalue weighted by atomic mass is 9.84. The molecule has 0 aromatic heterocycles. The molecule has 1 unspecified atom stereocenters. The lowest BCUT2D eigenvalue weighted by Gasteiger charge is -2.23. The first-order valence-electron chi connectivity index (χ1n) is 6.40. The number of benzene rings is 1. The highest BCUT2D eigenvalue weighted by atomic mass is 16.3. The number of hydrogen-bond acceptors (Lipinski definition) is 4. The van der Waals surface area contributed by atoms with E-state index in [0.717, 1.165) is 6.42 Å². The number of rotatable bonds is 4. The normalized spacial score (nSPS) is 16.5. The molecule has 2 rings (SSSR count). The van der Waals surface area contributed by atoms with Gasteiger partial charge in [0.15, 0.2) is 11.5 Å². The zero-order valence-corrected chi connectivity index (χ0v) is 11.1. The van der Waals surface area contributed by atoms with E-state index in [2.05, 4.69) is 5.32 Å².